The fourth-order valence-electron chi connectivity index (χ4n) is 1.99. The first-order chi connectivity index (χ1) is 11.6. The van der Waals surface area contributed by atoms with Crippen molar-refractivity contribution in [2.75, 3.05) is 18.8 Å². The van der Waals surface area contributed by atoms with Crippen LogP contribution in [-0.4, -0.2) is 30.7 Å². The molecule has 0 unspecified atom stereocenters. The number of hydrogen-bond acceptors (Lipinski definition) is 3. The summed E-state index contributed by atoms with van der Waals surface area (Å²) in [5, 5.41) is 6.01. The molecule has 0 atom stereocenters. The van der Waals surface area contributed by atoms with Crippen LogP contribution in [0.3, 0.4) is 0 Å². The first-order valence-corrected chi connectivity index (χ1v) is 8.96. The molecule has 4 nitrogen and oxygen atoms in total. The monoisotopic (exact) mass is 362 g/mol. The largest absolute Gasteiger partial charge is 0.354 e. The predicted octanol–water partition coefficient (Wildman–Crippen LogP) is 2.91. The lowest BCUT2D eigenvalue weighted by molar-refractivity contribution is -0.124. The zero-order valence-corrected chi connectivity index (χ0v) is 14.7. The summed E-state index contributed by atoms with van der Waals surface area (Å²) in [7, 11) is 0. The van der Waals surface area contributed by atoms with E-state index in [4.69, 9.17) is 11.6 Å². The molecule has 0 bridgehead atoms. The highest BCUT2D eigenvalue weighted by Crippen LogP contribution is 2.26. The van der Waals surface area contributed by atoms with Crippen molar-refractivity contribution in [3.05, 3.63) is 65.2 Å². The van der Waals surface area contributed by atoms with Gasteiger partial charge in [0.25, 0.3) is 0 Å². The molecule has 0 aliphatic carbocycles. The molecule has 0 fully saturated rings. The lowest BCUT2D eigenvalue weighted by Crippen LogP contribution is -2.38. The van der Waals surface area contributed by atoms with Crippen LogP contribution >= 0.6 is 23.4 Å². The van der Waals surface area contributed by atoms with Crippen LogP contribution in [0.2, 0.25) is 5.02 Å². The molecule has 2 aromatic rings. The van der Waals surface area contributed by atoms with Gasteiger partial charge in [-0.1, -0.05) is 54.1 Å². The number of nitrogens with one attached hydrogen (secondary N) is 2. The highest BCUT2D eigenvalue weighted by Gasteiger charge is 2.07. The van der Waals surface area contributed by atoms with Gasteiger partial charge >= 0.3 is 0 Å². The molecule has 0 aliphatic heterocycles. The van der Waals surface area contributed by atoms with Gasteiger partial charge in [-0.3, -0.25) is 9.59 Å². The highest BCUT2D eigenvalue weighted by atomic mass is 35.5. The molecule has 126 valence electrons. The van der Waals surface area contributed by atoms with Gasteiger partial charge in [0.15, 0.2) is 0 Å². The van der Waals surface area contributed by atoms with Crippen molar-refractivity contribution in [1.82, 2.24) is 10.6 Å². The van der Waals surface area contributed by atoms with Crippen LogP contribution in [0.15, 0.2) is 59.5 Å². The van der Waals surface area contributed by atoms with E-state index in [2.05, 4.69) is 10.6 Å². The molecule has 0 heterocycles. The summed E-state index contributed by atoms with van der Waals surface area (Å²) < 4.78 is 0. The lowest BCUT2D eigenvalue weighted by atomic mass is 10.1. The second-order valence-electron chi connectivity index (χ2n) is 5.08. The summed E-state index contributed by atoms with van der Waals surface area (Å²) in [5.74, 6) is -0.166. The van der Waals surface area contributed by atoms with Gasteiger partial charge in [-0.2, -0.15) is 0 Å². The van der Waals surface area contributed by atoms with E-state index in [9.17, 15) is 9.59 Å². The van der Waals surface area contributed by atoms with Gasteiger partial charge in [0, 0.05) is 11.4 Å². The Morgan fingerprint density at radius 1 is 0.917 bits per heavy atom. The fourth-order valence-corrected chi connectivity index (χ4v) is 3.06. The summed E-state index contributed by atoms with van der Waals surface area (Å²) in [4.78, 5) is 24.3. The van der Waals surface area contributed by atoms with Crippen LogP contribution in [0.5, 0.6) is 0 Å². The van der Waals surface area contributed by atoms with Crippen LogP contribution in [-0.2, 0) is 16.0 Å². The second-order valence-corrected chi connectivity index (χ2v) is 6.51. The number of carbonyl (C=O) groups excluding carboxylic acids is 2. The zero-order valence-electron chi connectivity index (χ0n) is 13.1. The standard InChI is InChI=1S/C18H19ClN2O2S/c19-15-8-4-5-9-16(15)24-13-18(23)21-12-17(22)20-11-10-14-6-2-1-3-7-14/h1-9H,10-13H2,(H,20,22)(H,21,23). The van der Waals surface area contributed by atoms with E-state index in [-0.39, 0.29) is 24.1 Å². The number of amides is 2. The van der Waals surface area contributed by atoms with E-state index < -0.39 is 0 Å². The van der Waals surface area contributed by atoms with Gasteiger partial charge in [-0.15, -0.1) is 11.8 Å². The molecule has 2 aromatic carbocycles. The zero-order chi connectivity index (χ0) is 17.2. The molecule has 24 heavy (non-hydrogen) atoms. The molecule has 0 aliphatic rings. The SMILES string of the molecule is O=C(CNC(=O)CSc1ccccc1Cl)NCCc1ccccc1. The molecule has 0 aromatic heterocycles. The molecule has 2 amide bonds. The van der Waals surface area contributed by atoms with Crippen molar-refractivity contribution in [1.29, 1.82) is 0 Å². The van der Waals surface area contributed by atoms with Crippen LogP contribution in [0.1, 0.15) is 5.56 Å². The third kappa shape index (κ3) is 6.64. The maximum Gasteiger partial charge on any atom is 0.239 e. The van der Waals surface area contributed by atoms with Gasteiger partial charge in [-0.05, 0) is 24.1 Å². The van der Waals surface area contributed by atoms with E-state index in [0.717, 1.165) is 16.9 Å². The number of rotatable bonds is 8. The third-order valence-electron chi connectivity index (χ3n) is 3.22. The number of hydrogen-bond donors (Lipinski definition) is 2. The van der Waals surface area contributed by atoms with Crippen LogP contribution in [0.4, 0.5) is 0 Å². The van der Waals surface area contributed by atoms with Crippen molar-refractivity contribution in [2.24, 2.45) is 0 Å². The number of carbonyl (C=O) groups is 2. The average molecular weight is 363 g/mol. The summed E-state index contributed by atoms with van der Waals surface area (Å²) in [6.45, 7) is 0.532. The highest BCUT2D eigenvalue weighted by molar-refractivity contribution is 8.00. The molecule has 0 spiro atoms. The maximum absolute atomic E-state index is 11.8. The predicted molar refractivity (Wildman–Crippen MR) is 98.3 cm³/mol. The molecule has 2 N–H and O–H groups in total. The molecule has 0 radical (unpaired) electrons. The van der Waals surface area contributed by atoms with Crippen molar-refractivity contribution < 1.29 is 9.59 Å². The molecule has 6 heteroatoms. The quantitative estimate of drug-likeness (QED) is 0.710. The van der Waals surface area contributed by atoms with E-state index in [1.165, 1.54) is 11.8 Å². The second kappa shape index (κ2) is 10.0. The maximum atomic E-state index is 11.8. The Labute approximate surface area is 151 Å². The Morgan fingerprint density at radius 3 is 2.38 bits per heavy atom. The summed E-state index contributed by atoms with van der Waals surface area (Å²) in [5.41, 5.74) is 1.16. The molecule has 2 rings (SSSR count). The summed E-state index contributed by atoms with van der Waals surface area (Å²) >= 11 is 7.37. The van der Waals surface area contributed by atoms with Crippen molar-refractivity contribution in [3.63, 3.8) is 0 Å². The third-order valence-corrected chi connectivity index (χ3v) is 4.74. The van der Waals surface area contributed by atoms with Crippen LogP contribution in [0.25, 0.3) is 0 Å². The van der Waals surface area contributed by atoms with Crippen LogP contribution in [0, 0.1) is 0 Å². The Hall–Kier alpha value is -1.98. The van der Waals surface area contributed by atoms with Gasteiger partial charge in [0.05, 0.1) is 17.3 Å². The van der Waals surface area contributed by atoms with E-state index in [0.29, 0.717) is 11.6 Å². The van der Waals surface area contributed by atoms with E-state index >= 15 is 0 Å². The molecular weight excluding hydrogens is 344 g/mol. The lowest BCUT2D eigenvalue weighted by Gasteiger charge is -2.07. The molecular formula is C18H19ClN2O2S. The summed E-state index contributed by atoms with van der Waals surface area (Å²) in [6, 6.07) is 17.3. The number of thioether (sulfide) groups is 1. The molecule has 0 saturated heterocycles. The fraction of sp³-hybridized carbons (Fsp3) is 0.222. The Balaban J connectivity index is 1.61. The van der Waals surface area contributed by atoms with Gasteiger partial charge < -0.3 is 10.6 Å². The normalized spacial score (nSPS) is 10.2. The Kier molecular flexibility index (Phi) is 7.65. The van der Waals surface area contributed by atoms with Gasteiger partial charge in [0.1, 0.15) is 0 Å². The Morgan fingerprint density at radius 2 is 1.62 bits per heavy atom. The van der Waals surface area contributed by atoms with E-state index in [1.54, 1.807) is 6.07 Å². The number of halogens is 1. The van der Waals surface area contributed by atoms with Crippen molar-refractivity contribution >= 4 is 35.2 Å². The summed E-state index contributed by atoms with van der Waals surface area (Å²) in [6.07, 6.45) is 0.767. The van der Waals surface area contributed by atoms with Crippen LogP contribution < -0.4 is 10.6 Å². The Bertz CT molecular complexity index is 680. The van der Waals surface area contributed by atoms with Gasteiger partial charge in [0.2, 0.25) is 11.8 Å². The van der Waals surface area contributed by atoms with E-state index in [1.807, 2.05) is 48.5 Å². The van der Waals surface area contributed by atoms with Crippen molar-refractivity contribution in [2.45, 2.75) is 11.3 Å². The average Bonchev–Trinajstić information content (AvgIpc) is 2.60. The smallest absolute Gasteiger partial charge is 0.239 e. The minimum absolute atomic E-state index is 0.0172. The first kappa shape index (κ1) is 18.4. The van der Waals surface area contributed by atoms with Crippen molar-refractivity contribution in [3.8, 4) is 0 Å². The first-order valence-electron chi connectivity index (χ1n) is 7.60. The number of benzene rings is 2. The topological polar surface area (TPSA) is 58.2 Å². The minimum Gasteiger partial charge on any atom is -0.354 e. The van der Waals surface area contributed by atoms with Gasteiger partial charge in [-0.25, -0.2) is 0 Å². The minimum atomic E-state index is -0.196. The molecule has 0 saturated carbocycles.